The van der Waals surface area contributed by atoms with Crippen LogP contribution >= 0.6 is 15.9 Å². The van der Waals surface area contributed by atoms with E-state index >= 15 is 0 Å². The number of anilines is 1. The Morgan fingerprint density at radius 3 is 2.18 bits per heavy atom. The van der Waals surface area contributed by atoms with E-state index in [9.17, 15) is 4.79 Å². The third-order valence-corrected chi connectivity index (χ3v) is 5.10. The van der Waals surface area contributed by atoms with Gasteiger partial charge in [0.05, 0.1) is 11.0 Å². The molecule has 0 atom stereocenters. The van der Waals surface area contributed by atoms with Crippen LogP contribution < -0.4 is 5.32 Å². The monoisotopic (exact) mass is 431 g/mol. The molecule has 1 amide bonds. The van der Waals surface area contributed by atoms with Crippen molar-refractivity contribution in [3.05, 3.63) is 88.0 Å². The summed E-state index contributed by atoms with van der Waals surface area (Å²) in [6.07, 6.45) is 0. The lowest BCUT2D eigenvalue weighted by Crippen LogP contribution is -2.17. The summed E-state index contributed by atoms with van der Waals surface area (Å²) in [6, 6.07) is 21.2. The van der Waals surface area contributed by atoms with Crippen LogP contribution in [0.2, 0.25) is 0 Å². The smallest absolute Gasteiger partial charge is 0.276 e. The van der Waals surface area contributed by atoms with Gasteiger partial charge in [0.15, 0.2) is 5.69 Å². The van der Waals surface area contributed by atoms with Crippen molar-refractivity contribution in [3.8, 4) is 11.3 Å². The molecule has 0 saturated heterocycles. The van der Waals surface area contributed by atoms with Gasteiger partial charge < -0.3 is 5.32 Å². The van der Waals surface area contributed by atoms with Crippen molar-refractivity contribution in [2.75, 3.05) is 5.32 Å². The normalized spacial score (nSPS) is 10.8. The van der Waals surface area contributed by atoms with E-state index in [1.165, 1.54) is 0 Å². The summed E-state index contributed by atoms with van der Waals surface area (Å²) in [5.74, 6) is -0.273. The van der Waals surface area contributed by atoms with E-state index in [1.54, 1.807) is 0 Å². The van der Waals surface area contributed by atoms with Gasteiger partial charge >= 0.3 is 0 Å². The van der Waals surface area contributed by atoms with Gasteiger partial charge in [-0.05, 0) is 49.2 Å². The van der Waals surface area contributed by atoms with Crippen molar-refractivity contribution < 1.29 is 4.79 Å². The number of nitrogens with one attached hydrogen (secondary N) is 1. The number of carbonyl (C=O) groups is 1. The Balaban J connectivity index is 1.87. The van der Waals surface area contributed by atoms with Crippen LogP contribution in [-0.4, -0.2) is 15.9 Å². The van der Waals surface area contributed by atoms with E-state index in [0.717, 1.165) is 32.4 Å². The molecule has 0 aliphatic rings. The van der Waals surface area contributed by atoms with Gasteiger partial charge in [-0.2, -0.15) is 0 Å². The van der Waals surface area contributed by atoms with Crippen LogP contribution in [0.5, 0.6) is 0 Å². The molecular formula is C23H18BrN3O. The van der Waals surface area contributed by atoms with Crippen molar-refractivity contribution >= 4 is 38.6 Å². The molecule has 0 unspecified atom stereocenters. The van der Waals surface area contributed by atoms with Gasteiger partial charge in [-0.25, -0.2) is 9.97 Å². The number of nitrogens with zero attached hydrogens (tertiary/aromatic N) is 2. The van der Waals surface area contributed by atoms with Crippen LogP contribution in [0.1, 0.15) is 21.6 Å². The maximum absolute atomic E-state index is 13.2. The van der Waals surface area contributed by atoms with Crippen molar-refractivity contribution in [1.82, 2.24) is 9.97 Å². The van der Waals surface area contributed by atoms with Gasteiger partial charge in [0.2, 0.25) is 0 Å². The minimum Gasteiger partial charge on any atom is -0.320 e. The van der Waals surface area contributed by atoms with Crippen molar-refractivity contribution in [2.24, 2.45) is 0 Å². The Kier molecular flexibility index (Phi) is 4.92. The molecule has 0 aliphatic heterocycles. The van der Waals surface area contributed by atoms with Crippen molar-refractivity contribution in [1.29, 1.82) is 0 Å². The Bertz CT molecular complexity index is 1180. The number of benzene rings is 3. The lowest BCUT2D eigenvalue weighted by atomic mass is 10.1. The molecule has 138 valence electrons. The number of aromatic nitrogens is 2. The molecule has 4 rings (SSSR count). The molecule has 5 heteroatoms. The maximum Gasteiger partial charge on any atom is 0.276 e. The number of aryl methyl sites for hydroxylation is 2. The molecule has 1 aromatic heterocycles. The number of para-hydroxylation sites is 3. The third-order valence-electron chi connectivity index (χ3n) is 4.60. The average Bonchev–Trinajstić information content (AvgIpc) is 2.69. The summed E-state index contributed by atoms with van der Waals surface area (Å²) in [5.41, 5.74) is 5.95. The molecule has 0 spiro atoms. The van der Waals surface area contributed by atoms with E-state index in [0.29, 0.717) is 16.9 Å². The standard InChI is InChI=1S/C23H18BrN3O/c1-14-7-5-8-15(2)20(14)27-23(28)22-21(16-9-6-10-17(24)13-16)25-18-11-3-4-12-19(18)26-22/h3-13H,1-2H3,(H,27,28). The molecule has 1 heterocycles. The molecule has 3 aromatic carbocycles. The van der Waals surface area contributed by atoms with Gasteiger partial charge in [0.25, 0.3) is 5.91 Å². The van der Waals surface area contributed by atoms with E-state index in [1.807, 2.05) is 80.6 Å². The minimum absolute atomic E-state index is 0.273. The van der Waals surface area contributed by atoms with Gasteiger partial charge in [-0.1, -0.05) is 58.4 Å². The summed E-state index contributed by atoms with van der Waals surface area (Å²) < 4.78 is 0.918. The number of amides is 1. The highest BCUT2D eigenvalue weighted by molar-refractivity contribution is 9.10. The molecule has 28 heavy (non-hydrogen) atoms. The van der Waals surface area contributed by atoms with Crippen molar-refractivity contribution in [3.63, 3.8) is 0 Å². The van der Waals surface area contributed by atoms with Crippen molar-refractivity contribution in [2.45, 2.75) is 13.8 Å². The van der Waals surface area contributed by atoms with E-state index in [-0.39, 0.29) is 5.91 Å². The molecule has 4 aromatic rings. The fourth-order valence-corrected chi connectivity index (χ4v) is 3.58. The second-order valence-electron chi connectivity index (χ2n) is 6.64. The highest BCUT2D eigenvalue weighted by Gasteiger charge is 2.19. The molecule has 0 radical (unpaired) electrons. The Morgan fingerprint density at radius 1 is 0.857 bits per heavy atom. The lowest BCUT2D eigenvalue weighted by molar-refractivity contribution is 0.102. The fraction of sp³-hybridized carbons (Fsp3) is 0.0870. The predicted molar refractivity (Wildman–Crippen MR) is 117 cm³/mol. The summed E-state index contributed by atoms with van der Waals surface area (Å²) in [5, 5.41) is 3.03. The van der Waals surface area contributed by atoms with Crippen LogP contribution in [0.25, 0.3) is 22.3 Å². The fourth-order valence-electron chi connectivity index (χ4n) is 3.18. The number of hydrogen-bond acceptors (Lipinski definition) is 3. The van der Waals surface area contributed by atoms with E-state index in [2.05, 4.69) is 26.2 Å². The molecular weight excluding hydrogens is 414 g/mol. The number of carbonyl (C=O) groups excluding carboxylic acids is 1. The third kappa shape index (κ3) is 3.53. The summed E-state index contributed by atoms with van der Waals surface area (Å²) in [4.78, 5) is 22.6. The molecule has 1 N–H and O–H groups in total. The number of rotatable bonds is 3. The highest BCUT2D eigenvalue weighted by Crippen LogP contribution is 2.27. The zero-order chi connectivity index (χ0) is 19.7. The number of halogens is 1. The van der Waals surface area contributed by atoms with Gasteiger partial charge in [0.1, 0.15) is 5.69 Å². The molecule has 0 saturated carbocycles. The first-order valence-corrected chi connectivity index (χ1v) is 9.72. The SMILES string of the molecule is Cc1cccc(C)c1NC(=O)c1nc2ccccc2nc1-c1cccc(Br)c1. The van der Waals surface area contributed by atoms with Gasteiger partial charge in [-0.3, -0.25) is 4.79 Å². The minimum atomic E-state index is -0.273. The van der Waals surface area contributed by atoms with Crippen LogP contribution in [0, 0.1) is 13.8 Å². The second kappa shape index (κ2) is 7.52. The first-order valence-electron chi connectivity index (χ1n) is 8.93. The van der Waals surface area contributed by atoms with E-state index < -0.39 is 0 Å². The zero-order valence-electron chi connectivity index (χ0n) is 15.5. The molecule has 4 nitrogen and oxygen atoms in total. The predicted octanol–water partition coefficient (Wildman–Crippen LogP) is 5.93. The summed E-state index contributed by atoms with van der Waals surface area (Å²) in [6.45, 7) is 3.95. The van der Waals surface area contributed by atoms with Crippen LogP contribution in [0.15, 0.2) is 71.2 Å². The summed E-state index contributed by atoms with van der Waals surface area (Å²) >= 11 is 3.49. The highest BCUT2D eigenvalue weighted by atomic mass is 79.9. The Morgan fingerprint density at radius 2 is 1.50 bits per heavy atom. The number of fused-ring (bicyclic) bond motifs is 1. The molecule has 0 fully saturated rings. The topological polar surface area (TPSA) is 54.9 Å². The van der Waals surface area contributed by atoms with E-state index in [4.69, 9.17) is 4.98 Å². The second-order valence-corrected chi connectivity index (χ2v) is 7.56. The van der Waals surface area contributed by atoms with Gasteiger partial charge in [-0.15, -0.1) is 0 Å². The average molecular weight is 432 g/mol. The lowest BCUT2D eigenvalue weighted by Gasteiger charge is -2.14. The first kappa shape index (κ1) is 18.3. The largest absolute Gasteiger partial charge is 0.320 e. The quantitative estimate of drug-likeness (QED) is 0.437. The number of hydrogen-bond donors (Lipinski definition) is 1. The zero-order valence-corrected chi connectivity index (χ0v) is 17.1. The summed E-state index contributed by atoms with van der Waals surface area (Å²) in [7, 11) is 0. The van der Waals surface area contributed by atoms with Crippen LogP contribution in [0.4, 0.5) is 5.69 Å². The van der Waals surface area contributed by atoms with Crippen LogP contribution in [-0.2, 0) is 0 Å². The molecule has 0 aliphatic carbocycles. The maximum atomic E-state index is 13.2. The Labute approximate surface area is 171 Å². The van der Waals surface area contributed by atoms with Crippen LogP contribution in [0.3, 0.4) is 0 Å². The Hall–Kier alpha value is -3.05. The first-order chi connectivity index (χ1) is 13.5. The molecule has 0 bridgehead atoms. The van der Waals surface area contributed by atoms with Gasteiger partial charge in [0, 0.05) is 15.7 Å².